The predicted octanol–water partition coefficient (Wildman–Crippen LogP) is 2.98. The first-order valence-corrected chi connectivity index (χ1v) is 3.83. The van der Waals surface area contributed by atoms with Crippen molar-refractivity contribution in [3.8, 4) is 6.07 Å². The lowest BCUT2D eigenvalue weighted by molar-refractivity contribution is 0.422. The molecule has 1 aromatic rings. The van der Waals surface area contributed by atoms with E-state index in [2.05, 4.69) is 15.9 Å². The molecule has 1 nitrogen and oxygen atoms in total. The molecule has 0 saturated heterocycles. The Hall–Kier alpha value is -0.880. The number of hydrogen-bond donors (Lipinski definition) is 0. The van der Waals surface area contributed by atoms with Gasteiger partial charge in [0, 0.05) is 10.0 Å². The Labute approximate surface area is 72.6 Å². The molecule has 0 radical (unpaired) electrons. The van der Waals surface area contributed by atoms with E-state index in [0.29, 0.717) is 10.0 Å². The van der Waals surface area contributed by atoms with E-state index in [4.69, 9.17) is 5.26 Å². The van der Waals surface area contributed by atoms with Crippen LogP contribution >= 0.6 is 15.9 Å². The fourth-order valence-corrected chi connectivity index (χ4v) is 1.24. The van der Waals surface area contributed by atoms with Gasteiger partial charge in [-0.3, -0.25) is 0 Å². The highest BCUT2D eigenvalue weighted by Gasteiger charge is 2.09. The van der Waals surface area contributed by atoms with Gasteiger partial charge < -0.3 is 0 Å². The van der Waals surface area contributed by atoms with Crippen LogP contribution in [0.15, 0.2) is 28.7 Å². The second kappa shape index (κ2) is 3.49. The number of alkyl halides is 1. The molecule has 0 fully saturated rings. The standard InChI is InChI=1S/C8H5BrFN/c9-7-4-2-1-3-6(7)8(10)5-11/h1-4,8H. The molecule has 0 aliphatic rings. The van der Waals surface area contributed by atoms with Crippen LogP contribution in [0.25, 0.3) is 0 Å². The van der Waals surface area contributed by atoms with Gasteiger partial charge in [0.15, 0.2) is 0 Å². The maximum atomic E-state index is 12.7. The molecular weight excluding hydrogens is 209 g/mol. The minimum absolute atomic E-state index is 0.384. The molecule has 0 amide bonds. The molecule has 1 unspecified atom stereocenters. The SMILES string of the molecule is N#CC(F)c1ccccc1Br. The molecule has 0 bridgehead atoms. The van der Waals surface area contributed by atoms with Crippen molar-refractivity contribution in [2.75, 3.05) is 0 Å². The summed E-state index contributed by atoms with van der Waals surface area (Å²) in [7, 11) is 0. The van der Waals surface area contributed by atoms with Gasteiger partial charge in [-0.05, 0) is 6.07 Å². The van der Waals surface area contributed by atoms with Crippen molar-refractivity contribution in [3.05, 3.63) is 34.3 Å². The molecule has 0 spiro atoms. The molecule has 0 aliphatic heterocycles. The first kappa shape index (κ1) is 8.22. The van der Waals surface area contributed by atoms with Crippen molar-refractivity contribution in [3.63, 3.8) is 0 Å². The quantitative estimate of drug-likeness (QED) is 0.704. The Morgan fingerprint density at radius 1 is 1.45 bits per heavy atom. The summed E-state index contributed by atoms with van der Waals surface area (Å²) in [6, 6.07) is 8.29. The van der Waals surface area contributed by atoms with Crippen molar-refractivity contribution < 1.29 is 4.39 Å². The normalized spacial score (nSPS) is 12.1. The van der Waals surface area contributed by atoms with E-state index >= 15 is 0 Å². The topological polar surface area (TPSA) is 23.8 Å². The summed E-state index contributed by atoms with van der Waals surface area (Å²) < 4.78 is 13.4. The molecule has 0 saturated carbocycles. The number of nitriles is 1. The van der Waals surface area contributed by atoms with E-state index in [1.807, 2.05) is 0 Å². The lowest BCUT2D eigenvalue weighted by Gasteiger charge is -2.00. The Bertz CT molecular complexity index is 292. The highest BCUT2D eigenvalue weighted by atomic mass is 79.9. The number of halogens is 2. The van der Waals surface area contributed by atoms with Crippen LogP contribution in [0.3, 0.4) is 0 Å². The average Bonchev–Trinajstić information content (AvgIpc) is 2.04. The molecule has 1 rings (SSSR count). The number of rotatable bonds is 1. The fourth-order valence-electron chi connectivity index (χ4n) is 0.750. The van der Waals surface area contributed by atoms with Gasteiger partial charge in [-0.15, -0.1) is 0 Å². The molecule has 3 heteroatoms. The van der Waals surface area contributed by atoms with Gasteiger partial charge in [0.2, 0.25) is 6.17 Å². The summed E-state index contributed by atoms with van der Waals surface area (Å²) in [5, 5.41) is 8.27. The van der Waals surface area contributed by atoms with Crippen molar-refractivity contribution in [2.24, 2.45) is 0 Å². The molecule has 0 aromatic heterocycles. The van der Waals surface area contributed by atoms with Crippen LogP contribution in [0.4, 0.5) is 4.39 Å². The zero-order valence-electron chi connectivity index (χ0n) is 5.59. The minimum Gasteiger partial charge on any atom is -0.226 e. The Morgan fingerprint density at radius 2 is 2.09 bits per heavy atom. The van der Waals surface area contributed by atoms with Gasteiger partial charge in [0.1, 0.15) is 6.07 Å². The zero-order valence-corrected chi connectivity index (χ0v) is 7.18. The zero-order chi connectivity index (χ0) is 8.27. The van der Waals surface area contributed by atoms with E-state index < -0.39 is 6.17 Å². The highest BCUT2D eigenvalue weighted by Crippen LogP contribution is 2.24. The summed E-state index contributed by atoms with van der Waals surface area (Å²) in [6.45, 7) is 0. The molecule has 11 heavy (non-hydrogen) atoms. The van der Waals surface area contributed by atoms with Gasteiger partial charge in [-0.25, -0.2) is 4.39 Å². The Morgan fingerprint density at radius 3 is 2.64 bits per heavy atom. The third kappa shape index (κ3) is 1.78. The van der Waals surface area contributed by atoms with Crippen LogP contribution in [0.2, 0.25) is 0 Å². The van der Waals surface area contributed by atoms with Gasteiger partial charge in [0.25, 0.3) is 0 Å². The smallest absolute Gasteiger partial charge is 0.212 e. The highest BCUT2D eigenvalue weighted by molar-refractivity contribution is 9.10. The van der Waals surface area contributed by atoms with Gasteiger partial charge >= 0.3 is 0 Å². The number of nitrogens with zero attached hydrogens (tertiary/aromatic N) is 1. The summed E-state index contributed by atoms with van der Waals surface area (Å²) in [5.74, 6) is 0. The second-order valence-corrected chi connectivity index (χ2v) is 2.87. The van der Waals surface area contributed by atoms with Gasteiger partial charge in [0.05, 0.1) is 0 Å². The van der Waals surface area contributed by atoms with E-state index in [1.165, 1.54) is 6.07 Å². The third-order valence-electron chi connectivity index (χ3n) is 1.29. The predicted molar refractivity (Wildman–Crippen MR) is 43.6 cm³/mol. The Kier molecular flexibility index (Phi) is 2.61. The van der Waals surface area contributed by atoms with E-state index in [9.17, 15) is 4.39 Å². The first-order valence-electron chi connectivity index (χ1n) is 3.04. The minimum atomic E-state index is -1.54. The largest absolute Gasteiger partial charge is 0.226 e. The van der Waals surface area contributed by atoms with Crippen LogP contribution in [-0.4, -0.2) is 0 Å². The van der Waals surface area contributed by atoms with E-state index in [-0.39, 0.29) is 0 Å². The van der Waals surface area contributed by atoms with Crippen molar-refractivity contribution >= 4 is 15.9 Å². The molecule has 56 valence electrons. The lowest BCUT2D eigenvalue weighted by Crippen LogP contribution is -1.87. The van der Waals surface area contributed by atoms with Crippen LogP contribution in [0.1, 0.15) is 11.7 Å². The number of benzene rings is 1. The second-order valence-electron chi connectivity index (χ2n) is 2.01. The molecular formula is C8H5BrFN. The molecule has 0 N–H and O–H groups in total. The van der Waals surface area contributed by atoms with Crippen molar-refractivity contribution in [2.45, 2.75) is 6.17 Å². The van der Waals surface area contributed by atoms with Crippen LogP contribution in [0.5, 0.6) is 0 Å². The van der Waals surface area contributed by atoms with Gasteiger partial charge in [-0.1, -0.05) is 34.1 Å². The van der Waals surface area contributed by atoms with E-state index in [0.717, 1.165) is 0 Å². The lowest BCUT2D eigenvalue weighted by atomic mass is 10.1. The number of hydrogen-bond acceptors (Lipinski definition) is 1. The van der Waals surface area contributed by atoms with E-state index in [1.54, 1.807) is 24.3 Å². The van der Waals surface area contributed by atoms with Gasteiger partial charge in [-0.2, -0.15) is 5.26 Å². The molecule has 1 aromatic carbocycles. The average molecular weight is 214 g/mol. The molecule has 0 aliphatic carbocycles. The summed E-state index contributed by atoms with van der Waals surface area (Å²) >= 11 is 3.15. The van der Waals surface area contributed by atoms with Crippen molar-refractivity contribution in [1.29, 1.82) is 5.26 Å². The van der Waals surface area contributed by atoms with Crippen LogP contribution < -0.4 is 0 Å². The van der Waals surface area contributed by atoms with Crippen LogP contribution in [0, 0.1) is 11.3 Å². The Balaban J connectivity index is 3.05. The monoisotopic (exact) mass is 213 g/mol. The van der Waals surface area contributed by atoms with Crippen molar-refractivity contribution in [1.82, 2.24) is 0 Å². The summed E-state index contributed by atoms with van der Waals surface area (Å²) in [5.41, 5.74) is 0.384. The maximum absolute atomic E-state index is 12.7. The molecule has 0 heterocycles. The van der Waals surface area contributed by atoms with Crippen LogP contribution in [-0.2, 0) is 0 Å². The summed E-state index contributed by atoms with van der Waals surface area (Å²) in [6.07, 6.45) is -1.54. The third-order valence-corrected chi connectivity index (χ3v) is 2.01. The fraction of sp³-hybridized carbons (Fsp3) is 0.125. The summed E-state index contributed by atoms with van der Waals surface area (Å²) in [4.78, 5) is 0. The molecule has 1 atom stereocenters. The first-order chi connectivity index (χ1) is 5.25. The maximum Gasteiger partial charge on any atom is 0.212 e.